The highest BCUT2D eigenvalue weighted by Crippen LogP contribution is 2.36. The third-order valence-corrected chi connectivity index (χ3v) is 7.91. The Bertz CT molecular complexity index is 642. The first kappa shape index (κ1) is 16.0. The molecule has 2 atom stereocenters. The Morgan fingerprint density at radius 3 is 3.00 bits per heavy atom. The second-order valence-corrected chi connectivity index (χ2v) is 9.95. The van der Waals surface area contributed by atoms with Crippen molar-refractivity contribution in [3.8, 4) is 0 Å². The lowest BCUT2D eigenvalue weighted by atomic mass is 9.90. The van der Waals surface area contributed by atoms with Crippen LogP contribution in [0.15, 0.2) is 16.8 Å². The van der Waals surface area contributed by atoms with Gasteiger partial charge in [0.25, 0.3) is 0 Å². The summed E-state index contributed by atoms with van der Waals surface area (Å²) in [4.78, 5) is 2.43. The molecule has 0 radical (unpaired) electrons. The van der Waals surface area contributed by atoms with E-state index in [-0.39, 0.29) is 16.9 Å². The predicted molar refractivity (Wildman–Crippen MR) is 91.0 cm³/mol. The van der Waals surface area contributed by atoms with Crippen LogP contribution < -0.4 is 4.72 Å². The van der Waals surface area contributed by atoms with Crippen molar-refractivity contribution in [1.82, 2.24) is 9.62 Å². The molecule has 0 amide bonds. The zero-order chi connectivity index (χ0) is 15.9. The lowest BCUT2D eigenvalue weighted by Gasteiger charge is -2.38. The largest absolute Gasteiger partial charge is 0.373 e. The number of nitrogens with one attached hydrogen (secondary N) is 1. The molecule has 3 fully saturated rings. The third kappa shape index (κ3) is 3.64. The summed E-state index contributed by atoms with van der Waals surface area (Å²) in [6, 6.07) is 2.21. The Morgan fingerprint density at radius 1 is 1.39 bits per heavy atom. The van der Waals surface area contributed by atoms with Crippen molar-refractivity contribution in [3.63, 3.8) is 0 Å². The zero-order valence-corrected chi connectivity index (χ0v) is 14.9. The average Bonchev–Trinajstić information content (AvgIpc) is 3.15. The summed E-state index contributed by atoms with van der Waals surface area (Å²) >= 11 is 1.73. The van der Waals surface area contributed by atoms with Crippen LogP contribution in [0.5, 0.6) is 0 Å². The van der Waals surface area contributed by atoms with Gasteiger partial charge in [0.15, 0.2) is 0 Å². The molecule has 0 unspecified atom stereocenters. The summed E-state index contributed by atoms with van der Waals surface area (Å²) in [5.74, 6) is 0. The van der Waals surface area contributed by atoms with Crippen LogP contribution in [0.1, 0.15) is 37.7 Å². The summed E-state index contributed by atoms with van der Waals surface area (Å²) in [6.45, 7) is 3.56. The van der Waals surface area contributed by atoms with Crippen LogP contribution in [0.2, 0.25) is 0 Å². The standard InChI is InChI=1S/C16H24N2O3S2/c19-23(20,15-1-2-15)17-14-3-7-21-16(9-14)5-6-18(12-16)10-13-4-8-22-11-13/h4,8,11,14-15,17H,1-3,5-7,9-10,12H2/t14-,16+/m0/s1. The molecule has 1 spiro atoms. The molecule has 0 bridgehead atoms. The maximum atomic E-state index is 12.2. The zero-order valence-electron chi connectivity index (χ0n) is 13.2. The van der Waals surface area contributed by atoms with Gasteiger partial charge in [-0.05, 0) is 54.5 Å². The Kier molecular flexibility index (Phi) is 4.26. The normalized spacial score (nSPS) is 32.6. The summed E-state index contributed by atoms with van der Waals surface area (Å²) in [5.41, 5.74) is 1.19. The van der Waals surface area contributed by atoms with Gasteiger partial charge in [0.05, 0.1) is 10.9 Å². The highest BCUT2D eigenvalue weighted by atomic mass is 32.2. The fourth-order valence-electron chi connectivity index (χ4n) is 3.82. The SMILES string of the molecule is O=S(=O)(N[C@H]1CCO[C@]2(CCN(Cc3ccsc3)C2)C1)C1CC1. The maximum absolute atomic E-state index is 12.2. The van der Waals surface area contributed by atoms with Crippen molar-refractivity contribution in [3.05, 3.63) is 22.4 Å². The number of nitrogens with zero attached hydrogens (tertiary/aromatic N) is 1. The van der Waals surface area contributed by atoms with Gasteiger partial charge in [-0.15, -0.1) is 0 Å². The summed E-state index contributed by atoms with van der Waals surface area (Å²) in [5, 5.41) is 4.17. The summed E-state index contributed by atoms with van der Waals surface area (Å²) in [6.07, 6.45) is 4.23. The van der Waals surface area contributed by atoms with E-state index in [4.69, 9.17) is 4.74 Å². The van der Waals surface area contributed by atoms with Gasteiger partial charge in [-0.25, -0.2) is 13.1 Å². The van der Waals surface area contributed by atoms with E-state index in [1.54, 1.807) is 11.3 Å². The molecule has 7 heteroatoms. The molecule has 3 aliphatic rings. The number of hydrogen-bond acceptors (Lipinski definition) is 5. The highest BCUT2D eigenvalue weighted by molar-refractivity contribution is 7.90. The van der Waals surface area contributed by atoms with Crippen molar-refractivity contribution in [1.29, 1.82) is 0 Å². The van der Waals surface area contributed by atoms with Gasteiger partial charge in [0, 0.05) is 32.3 Å². The fraction of sp³-hybridized carbons (Fsp3) is 0.750. The topological polar surface area (TPSA) is 58.6 Å². The Labute approximate surface area is 142 Å². The molecule has 1 aromatic heterocycles. The molecular weight excluding hydrogens is 332 g/mol. The number of sulfonamides is 1. The number of likely N-dealkylation sites (tertiary alicyclic amines) is 1. The second kappa shape index (κ2) is 6.11. The van der Waals surface area contributed by atoms with Crippen molar-refractivity contribution >= 4 is 21.4 Å². The van der Waals surface area contributed by atoms with Crippen molar-refractivity contribution in [2.75, 3.05) is 19.7 Å². The van der Waals surface area contributed by atoms with E-state index in [0.29, 0.717) is 6.61 Å². The van der Waals surface area contributed by atoms with Crippen LogP contribution in [0.25, 0.3) is 0 Å². The lowest BCUT2D eigenvalue weighted by Crippen LogP contribution is -2.50. The second-order valence-electron chi connectivity index (χ2n) is 7.18. The molecule has 1 aromatic rings. The van der Waals surface area contributed by atoms with E-state index in [1.807, 2.05) is 0 Å². The van der Waals surface area contributed by atoms with E-state index in [1.165, 1.54) is 5.56 Å². The van der Waals surface area contributed by atoms with Crippen LogP contribution in [0.4, 0.5) is 0 Å². The molecule has 2 saturated heterocycles. The van der Waals surface area contributed by atoms with E-state index < -0.39 is 10.0 Å². The molecule has 1 N–H and O–H groups in total. The van der Waals surface area contributed by atoms with Crippen LogP contribution in [0, 0.1) is 0 Å². The molecule has 23 heavy (non-hydrogen) atoms. The summed E-state index contributed by atoms with van der Waals surface area (Å²) in [7, 11) is -3.11. The van der Waals surface area contributed by atoms with Gasteiger partial charge < -0.3 is 4.74 Å². The molecule has 1 saturated carbocycles. The van der Waals surface area contributed by atoms with Crippen LogP contribution in [-0.2, 0) is 21.3 Å². The van der Waals surface area contributed by atoms with Gasteiger partial charge in [-0.2, -0.15) is 11.3 Å². The molecular formula is C16H24N2O3S2. The Morgan fingerprint density at radius 2 is 2.26 bits per heavy atom. The smallest absolute Gasteiger partial charge is 0.214 e. The van der Waals surface area contributed by atoms with Gasteiger partial charge in [0.1, 0.15) is 0 Å². The molecule has 3 heterocycles. The van der Waals surface area contributed by atoms with Crippen molar-refractivity contribution in [2.24, 2.45) is 0 Å². The van der Waals surface area contributed by atoms with Gasteiger partial charge >= 0.3 is 0 Å². The quantitative estimate of drug-likeness (QED) is 0.876. The molecule has 128 valence electrons. The van der Waals surface area contributed by atoms with Gasteiger partial charge in [-0.1, -0.05) is 0 Å². The predicted octanol–water partition coefficient (Wildman–Crippen LogP) is 1.95. The van der Waals surface area contributed by atoms with E-state index in [2.05, 4.69) is 26.4 Å². The lowest BCUT2D eigenvalue weighted by molar-refractivity contribution is -0.0779. The Hall–Kier alpha value is -0.470. The van der Waals surface area contributed by atoms with Crippen LogP contribution >= 0.6 is 11.3 Å². The molecule has 5 nitrogen and oxygen atoms in total. The molecule has 0 aromatic carbocycles. The Balaban J connectivity index is 1.37. The maximum Gasteiger partial charge on any atom is 0.214 e. The first-order chi connectivity index (χ1) is 11.0. The molecule has 4 rings (SSSR count). The van der Waals surface area contributed by atoms with Crippen LogP contribution in [-0.4, -0.2) is 49.9 Å². The van der Waals surface area contributed by atoms with E-state index in [0.717, 1.165) is 51.7 Å². The molecule has 1 aliphatic carbocycles. The third-order valence-electron chi connectivity index (χ3n) is 5.17. The van der Waals surface area contributed by atoms with E-state index in [9.17, 15) is 8.42 Å². The monoisotopic (exact) mass is 356 g/mol. The van der Waals surface area contributed by atoms with Crippen molar-refractivity contribution < 1.29 is 13.2 Å². The fourth-order valence-corrected chi connectivity index (χ4v) is 6.10. The molecule has 2 aliphatic heterocycles. The minimum atomic E-state index is -3.11. The van der Waals surface area contributed by atoms with Crippen molar-refractivity contribution in [2.45, 2.75) is 55.5 Å². The first-order valence-corrected chi connectivity index (χ1v) is 10.9. The summed E-state index contributed by atoms with van der Waals surface area (Å²) < 4.78 is 33.4. The number of hydrogen-bond donors (Lipinski definition) is 1. The van der Waals surface area contributed by atoms with Gasteiger partial charge in [-0.3, -0.25) is 4.90 Å². The number of thiophene rings is 1. The minimum Gasteiger partial charge on any atom is -0.373 e. The minimum absolute atomic E-state index is 0.0375. The van der Waals surface area contributed by atoms with Crippen LogP contribution in [0.3, 0.4) is 0 Å². The number of ether oxygens (including phenoxy) is 1. The highest BCUT2D eigenvalue weighted by Gasteiger charge is 2.45. The van der Waals surface area contributed by atoms with Gasteiger partial charge in [0.2, 0.25) is 10.0 Å². The number of rotatable bonds is 5. The van der Waals surface area contributed by atoms with E-state index >= 15 is 0 Å². The average molecular weight is 357 g/mol. The first-order valence-electron chi connectivity index (χ1n) is 8.43.